The second-order valence-corrected chi connectivity index (χ2v) is 14.2. The Hall–Kier alpha value is -5.86. The summed E-state index contributed by atoms with van der Waals surface area (Å²) in [7, 11) is 4.25. The maximum atomic E-state index is 10.4. The maximum absolute atomic E-state index is 10.4. The molecule has 53 heavy (non-hydrogen) atoms. The van der Waals surface area contributed by atoms with E-state index in [2.05, 4.69) is 66.3 Å². The minimum Gasteiger partial charge on any atom is -0.507 e. The van der Waals surface area contributed by atoms with E-state index in [0.29, 0.717) is 28.6 Å². The van der Waals surface area contributed by atoms with E-state index >= 15 is 0 Å². The summed E-state index contributed by atoms with van der Waals surface area (Å²) < 4.78 is 3.40. The molecule has 2 aliphatic heterocycles. The number of anilines is 2. The number of likely N-dealkylation sites (N-methyl/N-ethyl adjacent to an activating group) is 1. The highest BCUT2D eigenvalue weighted by molar-refractivity contribution is 5.70. The highest BCUT2D eigenvalue weighted by Crippen LogP contribution is 2.32. The highest BCUT2D eigenvalue weighted by Gasteiger charge is 2.27. The van der Waals surface area contributed by atoms with Gasteiger partial charge in [0, 0.05) is 85.8 Å². The Labute approximate surface area is 309 Å². The Morgan fingerprint density at radius 2 is 1.23 bits per heavy atom. The number of phenols is 2. The molecule has 0 radical (unpaired) electrons. The molecular weight excluding hydrogens is 669 g/mol. The smallest absolute Gasteiger partial charge is 0.151 e. The monoisotopic (exact) mass is 714 g/mol. The van der Waals surface area contributed by atoms with E-state index in [1.807, 2.05) is 73.1 Å². The van der Waals surface area contributed by atoms with E-state index in [0.717, 1.165) is 68.5 Å². The quantitative estimate of drug-likeness (QED) is 0.205. The van der Waals surface area contributed by atoms with E-state index in [1.165, 1.54) is 6.42 Å². The average molecular weight is 715 g/mol. The van der Waals surface area contributed by atoms with Crippen molar-refractivity contribution in [3.05, 3.63) is 97.6 Å². The van der Waals surface area contributed by atoms with Crippen LogP contribution in [0.4, 0.5) is 11.6 Å². The molecule has 4 N–H and O–H groups in total. The number of nitrogens with two attached hydrogens (primary N) is 1. The molecule has 14 heteroatoms. The molecule has 2 saturated heterocycles. The van der Waals surface area contributed by atoms with Gasteiger partial charge in [0.25, 0.3) is 0 Å². The van der Waals surface area contributed by atoms with Gasteiger partial charge in [-0.05, 0) is 107 Å². The lowest BCUT2D eigenvalue weighted by Crippen LogP contribution is -2.48. The van der Waals surface area contributed by atoms with E-state index in [-0.39, 0.29) is 17.0 Å². The lowest BCUT2D eigenvalue weighted by Gasteiger charge is -2.37. The van der Waals surface area contributed by atoms with Gasteiger partial charge in [0.2, 0.25) is 0 Å². The molecule has 8 rings (SSSR count). The zero-order chi connectivity index (χ0) is 37.0. The molecular formula is C39H46N12O2. The SMILES string of the molecule is CC1(N)CCN(c2ccc(-c3ccc(-n4cccn4)cc3O)nn2)CC1.CN(C)C1CCCN(c2ccc(-c3ccc(-n4cccn4)cc3O)nn2)C1. The first-order valence-electron chi connectivity index (χ1n) is 17.9. The summed E-state index contributed by atoms with van der Waals surface area (Å²) in [4.78, 5) is 6.75. The van der Waals surface area contributed by atoms with Gasteiger partial charge in [0.05, 0.1) is 22.8 Å². The molecule has 2 aromatic carbocycles. The normalized spacial score (nSPS) is 17.0. The number of aromatic hydroxyl groups is 2. The van der Waals surface area contributed by atoms with Crippen molar-refractivity contribution in [1.82, 2.24) is 44.9 Å². The fourth-order valence-electron chi connectivity index (χ4n) is 6.71. The number of piperidine rings is 2. The Balaban J connectivity index is 0.000000164. The van der Waals surface area contributed by atoms with Gasteiger partial charge in [0.1, 0.15) is 11.5 Å². The molecule has 2 aliphatic rings. The molecule has 0 spiro atoms. The number of phenolic OH excluding ortho intramolecular Hbond substituents is 2. The minimum atomic E-state index is -0.0913. The van der Waals surface area contributed by atoms with Crippen LogP contribution in [0.15, 0.2) is 97.6 Å². The molecule has 1 atom stereocenters. The molecule has 0 bridgehead atoms. The molecule has 0 aliphatic carbocycles. The number of nitrogens with zero attached hydrogens (tertiary/aromatic N) is 11. The third-order valence-electron chi connectivity index (χ3n) is 10.0. The number of benzene rings is 2. The van der Waals surface area contributed by atoms with Crippen molar-refractivity contribution in [3.8, 4) is 45.4 Å². The van der Waals surface area contributed by atoms with Crippen molar-refractivity contribution >= 4 is 11.6 Å². The Morgan fingerprint density at radius 3 is 1.66 bits per heavy atom. The van der Waals surface area contributed by atoms with Crippen LogP contribution in [0.25, 0.3) is 33.9 Å². The molecule has 0 amide bonds. The second kappa shape index (κ2) is 15.4. The van der Waals surface area contributed by atoms with Gasteiger partial charge in [-0.3, -0.25) is 0 Å². The van der Waals surface area contributed by atoms with Gasteiger partial charge in [-0.15, -0.1) is 20.4 Å². The number of aromatic nitrogens is 8. The van der Waals surface area contributed by atoms with Crippen LogP contribution in [-0.4, -0.2) is 107 Å². The summed E-state index contributed by atoms with van der Waals surface area (Å²) in [6, 6.07) is 22.8. The topological polar surface area (TPSA) is 163 Å². The number of hydrogen-bond donors (Lipinski definition) is 3. The third kappa shape index (κ3) is 8.29. The second-order valence-electron chi connectivity index (χ2n) is 14.2. The number of rotatable bonds is 7. The van der Waals surface area contributed by atoms with Gasteiger partial charge in [0.15, 0.2) is 11.6 Å². The Kier molecular flexibility index (Phi) is 10.3. The summed E-state index contributed by atoms with van der Waals surface area (Å²) in [6.07, 6.45) is 11.3. The van der Waals surface area contributed by atoms with Crippen LogP contribution in [0, 0.1) is 0 Å². The maximum Gasteiger partial charge on any atom is 0.151 e. The first kappa shape index (κ1) is 35.5. The fraction of sp³-hybridized carbons (Fsp3) is 0.333. The molecule has 274 valence electrons. The van der Waals surface area contributed by atoms with E-state index in [4.69, 9.17) is 5.73 Å². The molecule has 2 fully saturated rings. The fourth-order valence-corrected chi connectivity index (χ4v) is 6.71. The summed E-state index contributed by atoms with van der Waals surface area (Å²) >= 11 is 0. The zero-order valence-corrected chi connectivity index (χ0v) is 30.4. The van der Waals surface area contributed by atoms with Crippen LogP contribution in [-0.2, 0) is 0 Å². The van der Waals surface area contributed by atoms with Crippen LogP contribution >= 0.6 is 0 Å². The molecule has 6 aromatic rings. The van der Waals surface area contributed by atoms with Gasteiger partial charge in [-0.1, -0.05) is 0 Å². The van der Waals surface area contributed by atoms with E-state index in [9.17, 15) is 10.2 Å². The summed E-state index contributed by atoms with van der Waals surface area (Å²) in [5.74, 6) is 2.04. The zero-order valence-electron chi connectivity index (χ0n) is 30.4. The highest BCUT2D eigenvalue weighted by atomic mass is 16.3. The van der Waals surface area contributed by atoms with Crippen LogP contribution in [0.5, 0.6) is 11.5 Å². The average Bonchev–Trinajstić information content (AvgIpc) is 3.92. The summed E-state index contributed by atoms with van der Waals surface area (Å²) in [5.41, 5.74) is 10.3. The first-order valence-corrected chi connectivity index (χ1v) is 17.9. The van der Waals surface area contributed by atoms with Gasteiger partial charge < -0.3 is 30.6 Å². The number of hydrogen-bond acceptors (Lipinski definition) is 12. The summed E-state index contributed by atoms with van der Waals surface area (Å²) in [6.45, 7) is 5.82. The molecule has 14 nitrogen and oxygen atoms in total. The van der Waals surface area contributed by atoms with Crippen molar-refractivity contribution in [3.63, 3.8) is 0 Å². The van der Waals surface area contributed by atoms with Crippen LogP contribution in [0.3, 0.4) is 0 Å². The van der Waals surface area contributed by atoms with Crippen LogP contribution in [0.2, 0.25) is 0 Å². The van der Waals surface area contributed by atoms with E-state index in [1.54, 1.807) is 33.9 Å². The van der Waals surface area contributed by atoms with Crippen molar-refractivity contribution in [2.75, 3.05) is 50.1 Å². The van der Waals surface area contributed by atoms with Gasteiger partial charge >= 0.3 is 0 Å². The third-order valence-corrected chi connectivity index (χ3v) is 10.0. The van der Waals surface area contributed by atoms with Crippen molar-refractivity contribution in [2.24, 2.45) is 5.73 Å². The van der Waals surface area contributed by atoms with E-state index < -0.39 is 0 Å². The Morgan fingerprint density at radius 1 is 0.698 bits per heavy atom. The molecule has 1 unspecified atom stereocenters. The lowest BCUT2D eigenvalue weighted by atomic mass is 9.91. The lowest BCUT2D eigenvalue weighted by molar-refractivity contribution is 0.257. The predicted molar refractivity (Wildman–Crippen MR) is 205 cm³/mol. The van der Waals surface area contributed by atoms with Crippen molar-refractivity contribution in [2.45, 2.75) is 44.2 Å². The minimum absolute atomic E-state index is 0.0913. The largest absolute Gasteiger partial charge is 0.507 e. The molecule has 0 saturated carbocycles. The standard InChI is InChI=1S/C20H24N6O.C19H22N6O/c1-24(2)16-5-3-11-25(14-16)20-9-8-18(22-23-20)17-7-6-15(13-19(17)27)26-12-4-10-21-26;1-19(20)7-11-24(12-8-19)18-6-5-16(22-23-18)15-4-3-14(13-17(15)26)25-10-2-9-21-25/h4,6-10,12-13,16,27H,3,5,11,14H2,1-2H3;2-6,9-10,13,26H,7-8,11-12,20H2,1H3. The predicted octanol–water partition coefficient (Wildman–Crippen LogP) is 4.92. The van der Waals surface area contributed by atoms with Gasteiger partial charge in [-0.2, -0.15) is 10.2 Å². The Bertz CT molecular complexity index is 2070. The van der Waals surface area contributed by atoms with Crippen molar-refractivity contribution < 1.29 is 10.2 Å². The van der Waals surface area contributed by atoms with Crippen LogP contribution in [0.1, 0.15) is 32.6 Å². The summed E-state index contributed by atoms with van der Waals surface area (Å²) in [5, 5.41) is 46.6. The van der Waals surface area contributed by atoms with Gasteiger partial charge in [-0.25, -0.2) is 9.36 Å². The van der Waals surface area contributed by atoms with Crippen molar-refractivity contribution in [1.29, 1.82) is 0 Å². The first-order chi connectivity index (χ1) is 25.6. The molecule has 4 aromatic heterocycles. The molecule has 6 heterocycles. The van der Waals surface area contributed by atoms with Crippen LogP contribution < -0.4 is 15.5 Å².